The molecular formula is C13H23N3OS. The number of hydrogen-bond acceptors (Lipinski definition) is 3. The normalized spacial score (nSPS) is 24.0. The maximum Gasteiger partial charge on any atom is 0.195 e. The van der Waals surface area contributed by atoms with Crippen molar-refractivity contribution >= 4 is 12.2 Å². The Balaban J connectivity index is 2.02. The Morgan fingerprint density at radius 2 is 2.11 bits per heavy atom. The molecule has 0 bridgehead atoms. The van der Waals surface area contributed by atoms with Crippen LogP contribution in [0.2, 0.25) is 0 Å². The number of nitrogens with zero attached hydrogens (tertiary/aromatic N) is 2. The molecule has 18 heavy (non-hydrogen) atoms. The minimum Gasteiger partial charge on any atom is -0.378 e. The second kappa shape index (κ2) is 5.13. The van der Waals surface area contributed by atoms with Crippen molar-refractivity contribution in [3.63, 3.8) is 0 Å². The van der Waals surface area contributed by atoms with Crippen LogP contribution in [0.15, 0.2) is 0 Å². The standard InChI is InChI=1S/C13H23N3OS/c1-5-17-10-6-9(7-10)8-11-14-15-12(18)16(11)13(2,3)4/h9-10H,5-8H2,1-4H3,(H,15,18). The van der Waals surface area contributed by atoms with E-state index >= 15 is 0 Å². The minimum atomic E-state index is -0.0114. The van der Waals surface area contributed by atoms with Gasteiger partial charge in [-0.3, -0.25) is 9.67 Å². The van der Waals surface area contributed by atoms with Crippen molar-refractivity contribution in [3.05, 3.63) is 10.6 Å². The summed E-state index contributed by atoms with van der Waals surface area (Å²) in [5, 5.41) is 7.30. The van der Waals surface area contributed by atoms with Crippen LogP contribution in [0.1, 0.15) is 46.4 Å². The fourth-order valence-corrected chi connectivity index (χ4v) is 3.05. The third-order valence-electron chi connectivity index (χ3n) is 3.48. The Kier molecular flexibility index (Phi) is 3.92. The van der Waals surface area contributed by atoms with E-state index in [9.17, 15) is 0 Å². The van der Waals surface area contributed by atoms with Crippen LogP contribution in [-0.2, 0) is 16.7 Å². The van der Waals surface area contributed by atoms with E-state index < -0.39 is 0 Å². The summed E-state index contributed by atoms with van der Waals surface area (Å²) in [6.07, 6.45) is 3.76. The predicted octanol–water partition coefficient (Wildman–Crippen LogP) is 3.05. The quantitative estimate of drug-likeness (QED) is 0.854. The molecule has 1 fully saturated rings. The van der Waals surface area contributed by atoms with Gasteiger partial charge >= 0.3 is 0 Å². The van der Waals surface area contributed by atoms with E-state index in [-0.39, 0.29) is 5.54 Å². The van der Waals surface area contributed by atoms with Gasteiger partial charge in [-0.1, -0.05) is 0 Å². The lowest BCUT2D eigenvalue weighted by molar-refractivity contribution is -0.0249. The topological polar surface area (TPSA) is 42.8 Å². The van der Waals surface area contributed by atoms with E-state index in [1.54, 1.807) is 0 Å². The summed E-state index contributed by atoms with van der Waals surface area (Å²) in [4.78, 5) is 0. The Hall–Kier alpha value is -0.680. The Morgan fingerprint density at radius 1 is 1.44 bits per heavy atom. The number of hydrogen-bond donors (Lipinski definition) is 1. The lowest BCUT2D eigenvalue weighted by Crippen LogP contribution is -2.34. The van der Waals surface area contributed by atoms with Crippen LogP contribution in [0.3, 0.4) is 0 Å². The molecule has 1 heterocycles. The molecule has 2 rings (SSSR count). The summed E-state index contributed by atoms with van der Waals surface area (Å²) in [5.74, 6) is 1.76. The van der Waals surface area contributed by atoms with Crippen LogP contribution in [0.25, 0.3) is 0 Å². The molecule has 102 valence electrons. The summed E-state index contributed by atoms with van der Waals surface area (Å²) in [5.41, 5.74) is -0.0114. The smallest absolute Gasteiger partial charge is 0.195 e. The molecule has 1 aromatic heterocycles. The molecule has 0 aliphatic heterocycles. The summed E-state index contributed by atoms with van der Waals surface area (Å²) in [7, 11) is 0. The molecule has 1 aromatic rings. The summed E-state index contributed by atoms with van der Waals surface area (Å²) in [6.45, 7) is 9.35. The van der Waals surface area contributed by atoms with Crippen molar-refractivity contribution in [2.75, 3.05) is 6.61 Å². The van der Waals surface area contributed by atoms with Crippen molar-refractivity contribution in [1.82, 2.24) is 14.8 Å². The zero-order valence-corrected chi connectivity index (χ0v) is 12.5. The Bertz CT molecular complexity index is 452. The summed E-state index contributed by atoms with van der Waals surface area (Å²) in [6, 6.07) is 0. The third kappa shape index (κ3) is 2.83. The van der Waals surface area contributed by atoms with Gasteiger partial charge in [0, 0.05) is 18.6 Å². The van der Waals surface area contributed by atoms with Crippen molar-refractivity contribution in [3.8, 4) is 0 Å². The van der Waals surface area contributed by atoms with Gasteiger partial charge in [0.15, 0.2) is 4.77 Å². The zero-order valence-electron chi connectivity index (χ0n) is 11.7. The third-order valence-corrected chi connectivity index (χ3v) is 3.75. The number of ether oxygens (including phenoxy) is 1. The van der Waals surface area contributed by atoms with Crippen molar-refractivity contribution in [1.29, 1.82) is 0 Å². The van der Waals surface area contributed by atoms with E-state index in [2.05, 4.69) is 42.5 Å². The Morgan fingerprint density at radius 3 is 2.67 bits per heavy atom. The first-order chi connectivity index (χ1) is 8.41. The fourth-order valence-electron chi connectivity index (χ4n) is 2.63. The van der Waals surface area contributed by atoms with Crippen LogP contribution in [0, 0.1) is 10.7 Å². The lowest BCUT2D eigenvalue weighted by atomic mass is 9.80. The molecule has 1 saturated carbocycles. The van der Waals surface area contributed by atoms with E-state index in [4.69, 9.17) is 17.0 Å². The van der Waals surface area contributed by atoms with Crippen LogP contribution in [0.5, 0.6) is 0 Å². The molecule has 0 saturated heterocycles. The SMILES string of the molecule is CCOC1CC(Cc2n[nH]c(=S)n2C(C)(C)C)C1. The molecule has 0 unspecified atom stereocenters. The molecular weight excluding hydrogens is 246 g/mol. The van der Waals surface area contributed by atoms with Gasteiger partial charge in [-0.2, -0.15) is 5.10 Å². The molecule has 0 aromatic carbocycles. The Labute approximate surface area is 114 Å². The lowest BCUT2D eigenvalue weighted by Gasteiger charge is -2.35. The monoisotopic (exact) mass is 269 g/mol. The highest BCUT2D eigenvalue weighted by Crippen LogP contribution is 2.33. The average molecular weight is 269 g/mol. The van der Waals surface area contributed by atoms with E-state index in [1.807, 2.05) is 0 Å². The number of aromatic amines is 1. The molecule has 0 amide bonds. The minimum absolute atomic E-state index is 0.0114. The van der Waals surface area contributed by atoms with Crippen LogP contribution in [0.4, 0.5) is 0 Å². The molecule has 0 atom stereocenters. The highest BCUT2D eigenvalue weighted by atomic mass is 32.1. The largest absolute Gasteiger partial charge is 0.378 e. The highest BCUT2D eigenvalue weighted by molar-refractivity contribution is 7.71. The maximum absolute atomic E-state index is 5.59. The molecule has 0 spiro atoms. The van der Waals surface area contributed by atoms with E-state index in [0.717, 1.165) is 36.5 Å². The first kappa shape index (κ1) is 13.7. The highest BCUT2D eigenvalue weighted by Gasteiger charge is 2.31. The molecule has 1 aliphatic rings. The van der Waals surface area contributed by atoms with E-state index in [1.165, 1.54) is 0 Å². The second-order valence-electron chi connectivity index (χ2n) is 6.07. The number of aromatic nitrogens is 3. The summed E-state index contributed by atoms with van der Waals surface area (Å²) >= 11 is 5.31. The first-order valence-corrected chi connectivity index (χ1v) is 7.11. The van der Waals surface area contributed by atoms with Crippen molar-refractivity contribution in [2.24, 2.45) is 5.92 Å². The van der Waals surface area contributed by atoms with Gasteiger partial charge in [0.1, 0.15) is 5.82 Å². The average Bonchev–Trinajstić information content (AvgIpc) is 2.56. The molecule has 1 aliphatic carbocycles. The van der Waals surface area contributed by atoms with Gasteiger partial charge in [0.05, 0.1) is 6.10 Å². The van der Waals surface area contributed by atoms with Crippen molar-refractivity contribution < 1.29 is 4.74 Å². The van der Waals surface area contributed by atoms with Gasteiger partial charge < -0.3 is 4.74 Å². The molecule has 1 N–H and O–H groups in total. The van der Waals surface area contributed by atoms with E-state index in [0.29, 0.717) is 12.0 Å². The van der Waals surface area contributed by atoms with Gasteiger partial charge in [0.25, 0.3) is 0 Å². The van der Waals surface area contributed by atoms with Crippen LogP contribution < -0.4 is 0 Å². The van der Waals surface area contributed by atoms with Gasteiger partial charge in [-0.05, 0) is 58.7 Å². The molecule has 5 heteroatoms. The first-order valence-electron chi connectivity index (χ1n) is 6.70. The summed E-state index contributed by atoms with van der Waals surface area (Å²) < 4.78 is 8.45. The second-order valence-corrected chi connectivity index (χ2v) is 6.46. The zero-order chi connectivity index (χ0) is 13.3. The van der Waals surface area contributed by atoms with Crippen LogP contribution >= 0.6 is 12.2 Å². The molecule has 0 radical (unpaired) electrons. The maximum atomic E-state index is 5.59. The van der Waals surface area contributed by atoms with Gasteiger partial charge in [-0.25, -0.2) is 0 Å². The van der Waals surface area contributed by atoms with Gasteiger partial charge in [-0.15, -0.1) is 0 Å². The van der Waals surface area contributed by atoms with Crippen LogP contribution in [-0.4, -0.2) is 27.5 Å². The fraction of sp³-hybridized carbons (Fsp3) is 0.846. The number of nitrogens with one attached hydrogen (secondary N) is 1. The number of rotatable bonds is 4. The number of H-pyrrole nitrogens is 1. The van der Waals surface area contributed by atoms with Crippen molar-refractivity contribution in [2.45, 2.75) is 58.6 Å². The molecule has 4 nitrogen and oxygen atoms in total. The predicted molar refractivity (Wildman–Crippen MR) is 74.2 cm³/mol. The van der Waals surface area contributed by atoms with Gasteiger partial charge in [0.2, 0.25) is 0 Å².